The highest BCUT2D eigenvalue weighted by Gasteiger charge is 2.20. The standard InChI is InChI=1S/C19H21N3O5S2/c1-22-12-4-7-18(22)21-29(26,27)17-6-3-5-15(13-17)20-19(23)14-8-10-16(11-9-14)28(2,24)25/h3,5-6,8-11,13H,4,7,12H2,1-2H3,(H,20,23). The zero-order valence-corrected chi connectivity index (χ0v) is 17.6. The highest BCUT2D eigenvalue weighted by Crippen LogP contribution is 2.21. The first kappa shape index (κ1) is 21.0. The van der Waals surface area contributed by atoms with E-state index in [-0.39, 0.29) is 15.4 Å². The van der Waals surface area contributed by atoms with Crippen LogP contribution in [0, 0.1) is 0 Å². The summed E-state index contributed by atoms with van der Waals surface area (Å²) in [6.45, 7) is 0.766. The Morgan fingerprint density at radius 1 is 1.03 bits per heavy atom. The minimum absolute atomic E-state index is 0.0180. The molecular formula is C19H21N3O5S2. The highest BCUT2D eigenvalue weighted by atomic mass is 32.2. The van der Waals surface area contributed by atoms with Crippen molar-refractivity contribution in [3.8, 4) is 0 Å². The third-order valence-corrected chi connectivity index (χ3v) is 6.92. The molecule has 3 rings (SSSR count). The van der Waals surface area contributed by atoms with E-state index in [4.69, 9.17) is 0 Å². The molecule has 1 amide bonds. The van der Waals surface area contributed by atoms with Crippen LogP contribution in [0.4, 0.5) is 5.69 Å². The van der Waals surface area contributed by atoms with Gasteiger partial charge in [-0.05, 0) is 48.9 Å². The maximum atomic E-state index is 12.6. The van der Waals surface area contributed by atoms with Crippen LogP contribution in [0.15, 0.2) is 62.7 Å². The summed E-state index contributed by atoms with van der Waals surface area (Å²) in [6.07, 6.45) is 2.55. The summed E-state index contributed by atoms with van der Waals surface area (Å²) >= 11 is 0. The number of carbonyl (C=O) groups is 1. The first-order valence-corrected chi connectivity index (χ1v) is 12.2. The lowest BCUT2D eigenvalue weighted by atomic mass is 10.2. The van der Waals surface area contributed by atoms with E-state index in [2.05, 4.69) is 9.71 Å². The van der Waals surface area contributed by atoms with Crippen molar-refractivity contribution in [2.75, 3.05) is 25.2 Å². The van der Waals surface area contributed by atoms with Crippen molar-refractivity contribution in [1.82, 2.24) is 4.90 Å². The van der Waals surface area contributed by atoms with E-state index in [0.717, 1.165) is 19.2 Å². The summed E-state index contributed by atoms with van der Waals surface area (Å²) in [7, 11) is -5.45. The monoisotopic (exact) mass is 435 g/mol. The van der Waals surface area contributed by atoms with Gasteiger partial charge < -0.3 is 10.2 Å². The summed E-state index contributed by atoms with van der Waals surface area (Å²) in [6, 6.07) is 11.3. The van der Waals surface area contributed by atoms with Gasteiger partial charge in [-0.3, -0.25) is 4.79 Å². The van der Waals surface area contributed by atoms with Crippen LogP contribution < -0.4 is 5.32 Å². The SMILES string of the molecule is CN1CCCC1=NS(=O)(=O)c1cccc(NC(=O)c2ccc(S(C)(=O)=O)cc2)c1. The number of hydrogen-bond donors (Lipinski definition) is 1. The van der Waals surface area contributed by atoms with Crippen molar-refractivity contribution in [1.29, 1.82) is 0 Å². The van der Waals surface area contributed by atoms with E-state index in [0.29, 0.717) is 17.9 Å². The second-order valence-corrected chi connectivity index (χ2v) is 10.4. The molecule has 1 N–H and O–H groups in total. The Morgan fingerprint density at radius 3 is 2.31 bits per heavy atom. The lowest BCUT2D eigenvalue weighted by molar-refractivity contribution is 0.102. The van der Waals surface area contributed by atoms with Gasteiger partial charge in [0.1, 0.15) is 5.84 Å². The number of carbonyl (C=O) groups excluding carboxylic acids is 1. The van der Waals surface area contributed by atoms with Crippen molar-refractivity contribution in [3.63, 3.8) is 0 Å². The Bertz CT molecular complexity index is 1170. The number of likely N-dealkylation sites (tertiary alicyclic amines) is 1. The summed E-state index contributed by atoms with van der Waals surface area (Å²) in [5.41, 5.74) is 0.543. The molecule has 154 valence electrons. The fourth-order valence-corrected chi connectivity index (χ4v) is 4.66. The van der Waals surface area contributed by atoms with E-state index >= 15 is 0 Å². The van der Waals surface area contributed by atoms with Gasteiger partial charge in [-0.2, -0.15) is 8.42 Å². The van der Waals surface area contributed by atoms with Crippen LogP contribution in [-0.2, 0) is 19.9 Å². The largest absolute Gasteiger partial charge is 0.362 e. The summed E-state index contributed by atoms with van der Waals surface area (Å²) in [5, 5.41) is 2.62. The number of sulfonamides is 1. The van der Waals surface area contributed by atoms with E-state index in [1.807, 2.05) is 4.90 Å². The molecule has 1 aliphatic heterocycles. The Morgan fingerprint density at radius 2 is 1.72 bits per heavy atom. The fraction of sp³-hybridized carbons (Fsp3) is 0.263. The zero-order valence-electron chi connectivity index (χ0n) is 16.0. The van der Waals surface area contributed by atoms with Crippen LogP contribution in [0.25, 0.3) is 0 Å². The Kier molecular flexibility index (Phi) is 5.76. The van der Waals surface area contributed by atoms with Crippen molar-refractivity contribution in [3.05, 3.63) is 54.1 Å². The summed E-state index contributed by atoms with van der Waals surface area (Å²) < 4.78 is 52.1. The molecule has 0 saturated carbocycles. The van der Waals surface area contributed by atoms with Crippen LogP contribution in [-0.4, -0.2) is 53.3 Å². The number of sulfone groups is 1. The number of hydrogen-bond acceptors (Lipinski definition) is 5. The molecule has 0 atom stereocenters. The Hall–Kier alpha value is -2.72. The predicted octanol–water partition coefficient (Wildman–Crippen LogP) is 2.16. The number of nitrogens with one attached hydrogen (secondary N) is 1. The molecule has 0 spiro atoms. The number of anilines is 1. The molecule has 1 aliphatic rings. The first-order valence-electron chi connectivity index (χ1n) is 8.83. The van der Waals surface area contributed by atoms with E-state index in [9.17, 15) is 21.6 Å². The molecule has 0 bridgehead atoms. The van der Waals surface area contributed by atoms with Gasteiger partial charge in [-0.1, -0.05) is 6.07 Å². The fourth-order valence-electron chi connectivity index (χ4n) is 2.89. The van der Waals surface area contributed by atoms with Crippen molar-refractivity contribution < 1.29 is 21.6 Å². The molecule has 1 heterocycles. The first-order chi connectivity index (χ1) is 13.6. The Balaban J connectivity index is 1.80. The smallest absolute Gasteiger partial charge is 0.284 e. The van der Waals surface area contributed by atoms with Crippen molar-refractivity contribution in [2.24, 2.45) is 4.40 Å². The van der Waals surface area contributed by atoms with Gasteiger partial charge in [0.15, 0.2) is 9.84 Å². The van der Waals surface area contributed by atoms with Crippen molar-refractivity contribution >= 4 is 37.3 Å². The second-order valence-electron chi connectivity index (χ2n) is 6.79. The number of amides is 1. The second kappa shape index (κ2) is 7.96. The van der Waals surface area contributed by atoms with Crippen LogP contribution in [0.1, 0.15) is 23.2 Å². The number of amidine groups is 1. The summed E-state index contributed by atoms with van der Waals surface area (Å²) in [5.74, 6) is 0.0341. The molecule has 2 aromatic rings. The highest BCUT2D eigenvalue weighted by molar-refractivity contribution is 7.90. The van der Waals surface area contributed by atoms with Gasteiger partial charge in [0.05, 0.1) is 9.79 Å². The minimum Gasteiger partial charge on any atom is -0.362 e. The number of nitrogens with zero attached hydrogens (tertiary/aromatic N) is 2. The quantitative estimate of drug-likeness (QED) is 0.770. The molecule has 8 nitrogen and oxygen atoms in total. The molecule has 1 saturated heterocycles. The van der Waals surface area contributed by atoms with Gasteiger partial charge in [0.2, 0.25) is 0 Å². The van der Waals surface area contributed by atoms with Crippen LogP contribution >= 0.6 is 0 Å². The molecule has 29 heavy (non-hydrogen) atoms. The molecule has 0 unspecified atom stereocenters. The lowest BCUT2D eigenvalue weighted by Crippen LogP contribution is -2.20. The molecule has 0 aliphatic carbocycles. The lowest BCUT2D eigenvalue weighted by Gasteiger charge is -2.11. The number of benzene rings is 2. The third-order valence-electron chi connectivity index (χ3n) is 4.49. The molecule has 0 radical (unpaired) electrons. The van der Waals surface area contributed by atoms with Crippen LogP contribution in [0.5, 0.6) is 0 Å². The van der Waals surface area contributed by atoms with Crippen molar-refractivity contribution in [2.45, 2.75) is 22.6 Å². The molecule has 2 aromatic carbocycles. The molecule has 0 aromatic heterocycles. The Labute approximate surface area is 170 Å². The molecule has 10 heteroatoms. The van der Waals surface area contributed by atoms with Gasteiger partial charge in [-0.25, -0.2) is 8.42 Å². The number of rotatable bonds is 5. The van der Waals surface area contributed by atoms with E-state index in [1.165, 1.54) is 42.5 Å². The van der Waals surface area contributed by atoms with Gasteiger partial charge in [-0.15, -0.1) is 4.40 Å². The van der Waals surface area contributed by atoms with E-state index in [1.54, 1.807) is 13.1 Å². The predicted molar refractivity (Wildman–Crippen MR) is 110 cm³/mol. The van der Waals surface area contributed by atoms with Gasteiger partial charge in [0.25, 0.3) is 15.9 Å². The normalized spacial score (nSPS) is 16.2. The maximum Gasteiger partial charge on any atom is 0.284 e. The third kappa shape index (κ3) is 5.01. The van der Waals surface area contributed by atoms with Crippen LogP contribution in [0.3, 0.4) is 0 Å². The van der Waals surface area contributed by atoms with E-state index < -0.39 is 25.8 Å². The molecule has 1 fully saturated rings. The topological polar surface area (TPSA) is 113 Å². The average Bonchev–Trinajstić information content (AvgIpc) is 3.05. The van der Waals surface area contributed by atoms with Gasteiger partial charge >= 0.3 is 0 Å². The minimum atomic E-state index is -3.89. The molecular weight excluding hydrogens is 414 g/mol. The average molecular weight is 436 g/mol. The maximum absolute atomic E-state index is 12.6. The zero-order chi connectivity index (χ0) is 21.2. The van der Waals surface area contributed by atoms with Gasteiger partial charge in [0, 0.05) is 37.5 Å². The summed E-state index contributed by atoms with van der Waals surface area (Å²) in [4.78, 5) is 14.3. The van der Waals surface area contributed by atoms with Crippen LogP contribution in [0.2, 0.25) is 0 Å².